The van der Waals surface area contributed by atoms with Crippen LogP contribution in [0.4, 0.5) is 5.82 Å². The number of aromatic nitrogens is 3. The summed E-state index contributed by atoms with van der Waals surface area (Å²) in [6.45, 7) is 0.894. The second-order valence-electron chi connectivity index (χ2n) is 5.57. The van der Waals surface area contributed by atoms with Gasteiger partial charge in [0.25, 0.3) is 5.91 Å². The highest BCUT2D eigenvalue weighted by Gasteiger charge is 2.06. The molecule has 0 radical (unpaired) electrons. The fourth-order valence-corrected chi connectivity index (χ4v) is 2.40. The number of ether oxygens (including phenoxy) is 2. The first-order valence-corrected chi connectivity index (χ1v) is 8.48. The molecule has 0 atom stereocenters. The minimum Gasteiger partial charge on any atom is -0.493 e. The summed E-state index contributed by atoms with van der Waals surface area (Å²) < 4.78 is 12.6. The molecule has 1 amide bonds. The van der Waals surface area contributed by atoms with Crippen LogP contribution in [0.1, 0.15) is 0 Å². The molecule has 0 fully saturated rings. The zero-order chi connectivity index (χ0) is 18.9. The Balaban J connectivity index is 1.40. The van der Waals surface area contributed by atoms with Crippen LogP contribution in [0.15, 0.2) is 61.2 Å². The fourth-order valence-electron chi connectivity index (χ4n) is 2.40. The molecule has 0 aliphatic rings. The second-order valence-corrected chi connectivity index (χ2v) is 5.57. The summed E-state index contributed by atoms with van der Waals surface area (Å²) in [6, 6.07) is 12.9. The molecule has 0 bridgehead atoms. The average Bonchev–Trinajstić information content (AvgIpc) is 3.25. The Kier molecular flexibility index (Phi) is 6.24. The molecule has 0 saturated carbocycles. The number of nitrogens with one attached hydrogen (secondary N) is 2. The molecule has 140 valence electrons. The number of methoxy groups -OCH3 is 1. The van der Waals surface area contributed by atoms with E-state index in [0.717, 1.165) is 5.82 Å². The lowest BCUT2D eigenvalue weighted by Crippen LogP contribution is -2.32. The summed E-state index contributed by atoms with van der Waals surface area (Å²) in [5, 5.41) is 5.94. The van der Waals surface area contributed by atoms with Crippen molar-refractivity contribution in [1.82, 2.24) is 19.9 Å². The third kappa shape index (κ3) is 5.21. The van der Waals surface area contributed by atoms with Crippen LogP contribution in [0, 0.1) is 0 Å². The van der Waals surface area contributed by atoms with Gasteiger partial charge in [0.15, 0.2) is 18.1 Å². The van der Waals surface area contributed by atoms with E-state index in [4.69, 9.17) is 9.47 Å². The Morgan fingerprint density at radius 3 is 2.63 bits per heavy atom. The smallest absolute Gasteiger partial charge is 0.258 e. The number of nitrogens with zero attached hydrogens (tertiary/aromatic N) is 3. The highest BCUT2D eigenvalue weighted by Crippen LogP contribution is 2.25. The number of rotatable bonds is 9. The molecule has 0 aliphatic heterocycles. The first-order chi connectivity index (χ1) is 13.3. The molecular weight excluding hydrogens is 346 g/mol. The van der Waals surface area contributed by atoms with Crippen LogP contribution < -0.4 is 20.1 Å². The van der Waals surface area contributed by atoms with Crippen LogP contribution in [-0.2, 0) is 4.79 Å². The van der Waals surface area contributed by atoms with Crippen molar-refractivity contribution in [2.24, 2.45) is 0 Å². The molecule has 8 nitrogen and oxygen atoms in total. The number of carbonyl (C=O) groups excluding carboxylic acids is 1. The summed E-state index contributed by atoms with van der Waals surface area (Å²) in [5.74, 6) is 2.37. The van der Waals surface area contributed by atoms with Gasteiger partial charge >= 0.3 is 0 Å². The number of anilines is 1. The third-order valence-electron chi connectivity index (χ3n) is 3.70. The van der Waals surface area contributed by atoms with E-state index in [1.54, 1.807) is 19.2 Å². The standard InChI is InChI=1S/C19H21N5O3/c1-26-15-6-2-3-7-16(15)27-13-19(25)21-9-8-20-17-12-18(23-14-22-17)24-10-4-5-11-24/h2-7,10-12,14H,8-9,13H2,1H3,(H,21,25)(H,20,22,23). The average molecular weight is 367 g/mol. The van der Waals surface area contributed by atoms with E-state index in [-0.39, 0.29) is 12.5 Å². The van der Waals surface area contributed by atoms with Crippen LogP contribution in [0.5, 0.6) is 11.5 Å². The van der Waals surface area contributed by atoms with Gasteiger partial charge in [-0.25, -0.2) is 9.97 Å². The van der Waals surface area contributed by atoms with Crippen LogP contribution in [0.2, 0.25) is 0 Å². The molecule has 3 rings (SSSR count). The summed E-state index contributed by atoms with van der Waals surface area (Å²) in [4.78, 5) is 20.3. The lowest BCUT2D eigenvalue weighted by Gasteiger charge is -2.11. The first kappa shape index (κ1) is 18.2. The summed E-state index contributed by atoms with van der Waals surface area (Å²) in [6.07, 6.45) is 5.32. The SMILES string of the molecule is COc1ccccc1OCC(=O)NCCNc1cc(-n2cccc2)ncn1. The van der Waals surface area contributed by atoms with Crippen LogP contribution >= 0.6 is 0 Å². The number of amides is 1. The first-order valence-electron chi connectivity index (χ1n) is 8.48. The van der Waals surface area contributed by atoms with E-state index < -0.39 is 0 Å². The molecular formula is C19H21N5O3. The molecule has 0 saturated heterocycles. The Hall–Kier alpha value is -3.55. The lowest BCUT2D eigenvalue weighted by atomic mass is 10.3. The van der Waals surface area contributed by atoms with Crippen LogP contribution in [0.25, 0.3) is 5.82 Å². The monoisotopic (exact) mass is 367 g/mol. The van der Waals surface area contributed by atoms with Gasteiger partial charge in [0.1, 0.15) is 18.0 Å². The molecule has 3 aromatic rings. The van der Waals surface area contributed by atoms with Gasteiger partial charge in [0, 0.05) is 31.5 Å². The van der Waals surface area contributed by atoms with E-state index in [2.05, 4.69) is 20.6 Å². The molecule has 0 aliphatic carbocycles. The summed E-state index contributed by atoms with van der Waals surface area (Å²) in [7, 11) is 1.56. The number of hydrogen-bond acceptors (Lipinski definition) is 6. The maximum Gasteiger partial charge on any atom is 0.258 e. The van der Waals surface area contributed by atoms with Gasteiger partial charge in [0.2, 0.25) is 0 Å². The molecule has 2 heterocycles. The third-order valence-corrected chi connectivity index (χ3v) is 3.70. The van der Waals surface area contributed by atoms with E-state index in [1.807, 2.05) is 47.3 Å². The zero-order valence-electron chi connectivity index (χ0n) is 15.0. The predicted octanol–water partition coefficient (Wildman–Crippen LogP) is 1.88. The number of hydrogen-bond donors (Lipinski definition) is 2. The summed E-state index contributed by atoms with van der Waals surface area (Å²) in [5.41, 5.74) is 0. The van der Waals surface area contributed by atoms with Crippen molar-refractivity contribution >= 4 is 11.7 Å². The second kappa shape index (κ2) is 9.23. The van der Waals surface area contributed by atoms with Gasteiger partial charge in [0.05, 0.1) is 7.11 Å². The minimum atomic E-state index is -0.210. The minimum absolute atomic E-state index is 0.0777. The highest BCUT2D eigenvalue weighted by molar-refractivity contribution is 5.77. The van der Waals surface area contributed by atoms with Crippen molar-refractivity contribution in [2.75, 3.05) is 32.1 Å². The van der Waals surface area contributed by atoms with E-state index in [9.17, 15) is 4.79 Å². The van der Waals surface area contributed by atoms with Gasteiger partial charge in [-0.2, -0.15) is 0 Å². The molecule has 2 N–H and O–H groups in total. The largest absolute Gasteiger partial charge is 0.493 e. The normalized spacial score (nSPS) is 10.3. The topological polar surface area (TPSA) is 90.3 Å². The van der Waals surface area contributed by atoms with E-state index in [0.29, 0.717) is 30.4 Å². The van der Waals surface area contributed by atoms with Crippen molar-refractivity contribution in [3.8, 4) is 17.3 Å². The Labute approximate surface area is 157 Å². The summed E-state index contributed by atoms with van der Waals surface area (Å²) >= 11 is 0. The number of benzene rings is 1. The molecule has 2 aromatic heterocycles. The maximum absolute atomic E-state index is 11.9. The maximum atomic E-state index is 11.9. The van der Waals surface area contributed by atoms with Gasteiger partial charge in [-0.1, -0.05) is 12.1 Å². The van der Waals surface area contributed by atoms with E-state index in [1.165, 1.54) is 6.33 Å². The van der Waals surface area contributed by atoms with Crippen molar-refractivity contribution in [3.63, 3.8) is 0 Å². The lowest BCUT2D eigenvalue weighted by molar-refractivity contribution is -0.123. The quantitative estimate of drug-likeness (QED) is 0.561. The molecule has 8 heteroatoms. The Bertz CT molecular complexity index is 867. The van der Waals surface area contributed by atoms with Crippen molar-refractivity contribution in [3.05, 3.63) is 61.2 Å². The molecule has 0 unspecified atom stereocenters. The Morgan fingerprint density at radius 1 is 1.07 bits per heavy atom. The predicted molar refractivity (Wildman–Crippen MR) is 101 cm³/mol. The molecule has 27 heavy (non-hydrogen) atoms. The fraction of sp³-hybridized carbons (Fsp3) is 0.211. The zero-order valence-corrected chi connectivity index (χ0v) is 15.0. The van der Waals surface area contributed by atoms with Gasteiger partial charge in [-0.05, 0) is 24.3 Å². The van der Waals surface area contributed by atoms with Gasteiger partial charge < -0.3 is 24.7 Å². The van der Waals surface area contributed by atoms with Crippen molar-refractivity contribution in [1.29, 1.82) is 0 Å². The van der Waals surface area contributed by atoms with E-state index >= 15 is 0 Å². The van der Waals surface area contributed by atoms with Crippen molar-refractivity contribution < 1.29 is 14.3 Å². The number of carbonyl (C=O) groups is 1. The van der Waals surface area contributed by atoms with Gasteiger partial charge in [-0.3, -0.25) is 4.79 Å². The van der Waals surface area contributed by atoms with Crippen LogP contribution in [0.3, 0.4) is 0 Å². The number of para-hydroxylation sites is 2. The molecule has 1 aromatic carbocycles. The Morgan fingerprint density at radius 2 is 1.85 bits per heavy atom. The van der Waals surface area contributed by atoms with Gasteiger partial charge in [-0.15, -0.1) is 0 Å². The molecule has 0 spiro atoms. The van der Waals surface area contributed by atoms with Crippen molar-refractivity contribution in [2.45, 2.75) is 0 Å². The van der Waals surface area contributed by atoms with Crippen LogP contribution in [-0.4, -0.2) is 47.2 Å². The highest BCUT2D eigenvalue weighted by atomic mass is 16.5.